The number of nitrogens with one attached hydrogen (secondary N) is 1. The van der Waals surface area contributed by atoms with Gasteiger partial charge in [0.15, 0.2) is 0 Å². The number of halogens is 2. The number of likely N-dealkylation sites (tertiary alicyclic amines) is 1. The average molecular weight is 478 g/mol. The van der Waals surface area contributed by atoms with Gasteiger partial charge in [-0.05, 0) is 62.3 Å². The van der Waals surface area contributed by atoms with Crippen LogP contribution < -0.4 is 10.1 Å². The summed E-state index contributed by atoms with van der Waals surface area (Å²) < 4.78 is 36.0. The number of carbonyl (C=O) groups excluding carboxylic acids is 3. The van der Waals surface area contributed by atoms with Crippen LogP contribution in [0.2, 0.25) is 0 Å². The van der Waals surface area contributed by atoms with Crippen molar-refractivity contribution in [2.45, 2.75) is 82.4 Å². The van der Waals surface area contributed by atoms with Gasteiger partial charge in [-0.1, -0.05) is 0 Å². The van der Waals surface area contributed by atoms with Gasteiger partial charge in [-0.3, -0.25) is 24.6 Å². The van der Waals surface area contributed by atoms with Gasteiger partial charge in [-0.2, -0.15) is 8.78 Å². The first-order chi connectivity index (χ1) is 16.4. The van der Waals surface area contributed by atoms with Crippen molar-refractivity contribution in [2.75, 3.05) is 13.1 Å². The van der Waals surface area contributed by atoms with E-state index < -0.39 is 24.7 Å². The lowest BCUT2D eigenvalue weighted by Crippen LogP contribution is -2.52. The molecule has 1 N–H and O–H groups in total. The van der Waals surface area contributed by atoms with Crippen molar-refractivity contribution in [3.8, 4) is 5.75 Å². The number of rotatable bonds is 6. The maximum absolute atomic E-state index is 12.9. The Bertz CT molecular complexity index is 966. The van der Waals surface area contributed by atoms with E-state index in [1.807, 2.05) is 6.07 Å². The van der Waals surface area contributed by atoms with E-state index in [-0.39, 0.29) is 30.4 Å². The van der Waals surface area contributed by atoms with E-state index in [1.54, 1.807) is 12.1 Å². The van der Waals surface area contributed by atoms with E-state index >= 15 is 0 Å². The SMILES string of the molecule is O=C1CCC(N2Cc3cc(O[C@@H]4CCC[C@H]4N4CCC(OC(F)F)CC4)ccc3C2=O)C(=O)N1. The molecule has 3 heterocycles. The van der Waals surface area contributed by atoms with Gasteiger partial charge in [-0.15, -0.1) is 0 Å². The molecule has 0 radical (unpaired) electrons. The third kappa shape index (κ3) is 4.65. The molecule has 1 unspecified atom stereocenters. The van der Waals surface area contributed by atoms with Gasteiger partial charge in [0.2, 0.25) is 11.8 Å². The van der Waals surface area contributed by atoms with E-state index in [2.05, 4.69) is 15.0 Å². The van der Waals surface area contributed by atoms with Crippen LogP contribution in [0, 0.1) is 0 Å². The highest BCUT2D eigenvalue weighted by molar-refractivity contribution is 6.05. The van der Waals surface area contributed by atoms with Crippen LogP contribution in [0.1, 0.15) is 60.9 Å². The van der Waals surface area contributed by atoms with Gasteiger partial charge in [0.05, 0.1) is 6.10 Å². The number of piperidine rings is 2. The number of benzene rings is 1. The topological polar surface area (TPSA) is 88.2 Å². The van der Waals surface area contributed by atoms with Crippen molar-refractivity contribution < 1.29 is 32.6 Å². The monoisotopic (exact) mass is 477 g/mol. The van der Waals surface area contributed by atoms with Gasteiger partial charge in [0, 0.05) is 37.7 Å². The molecule has 10 heteroatoms. The van der Waals surface area contributed by atoms with Crippen molar-refractivity contribution in [1.82, 2.24) is 15.1 Å². The standard InChI is InChI=1S/C24H29F2N3O5/c25-24(26)34-15-8-10-28(11-9-15)18-2-1-3-20(18)33-16-4-5-17-14(12-16)13-29(23(17)32)19-6-7-21(30)27-22(19)31/h4-5,12,15,18-20,24H,1-3,6-11,13H2,(H,27,30,31)/t18-,19?,20-/m1/s1. The second-order valence-electron chi connectivity index (χ2n) is 9.51. The van der Waals surface area contributed by atoms with Crippen LogP contribution in [0.4, 0.5) is 8.78 Å². The molecular weight excluding hydrogens is 448 g/mol. The second kappa shape index (κ2) is 9.58. The van der Waals surface area contributed by atoms with E-state index in [0.29, 0.717) is 50.2 Å². The van der Waals surface area contributed by atoms with E-state index in [9.17, 15) is 23.2 Å². The van der Waals surface area contributed by atoms with Gasteiger partial charge in [0.1, 0.15) is 17.9 Å². The predicted molar refractivity (Wildman–Crippen MR) is 116 cm³/mol. The molecule has 3 aliphatic heterocycles. The molecule has 34 heavy (non-hydrogen) atoms. The third-order valence-electron chi connectivity index (χ3n) is 7.44. The molecule has 1 aromatic rings. The highest BCUT2D eigenvalue weighted by Crippen LogP contribution is 2.34. The van der Waals surface area contributed by atoms with Gasteiger partial charge in [-0.25, -0.2) is 0 Å². The molecule has 3 amide bonds. The summed E-state index contributed by atoms with van der Waals surface area (Å²) in [6.45, 7) is -0.997. The van der Waals surface area contributed by atoms with E-state index in [0.717, 1.165) is 24.8 Å². The van der Waals surface area contributed by atoms with Crippen molar-refractivity contribution in [3.63, 3.8) is 0 Å². The minimum absolute atomic E-state index is 0.00559. The summed E-state index contributed by atoms with van der Waals surface area (Å²) in [5, 5.41) is 2.32. The molecule has 5 rings (SSSR count). The van der Waals surface area contributed by atoms with Crippen molar-refractivity contribution in [1.29, 1.82) is 0 Å². The van der Waals surface area contributed by atoms with Crippen molar-refractivity contribution in [3.05, 3.63) is 29.3 Å². The zero-order chi connectivity index (χ0) is 23.8. The van der Waals surface area contributed by atoms with Crippen molar-refractivity contribution >= 4 is 17.7 Å². The van der Waals surface area contributed by atoms with Crippen LogP contribution in [-0.2, 0) is 20.9 Å². The van der Waals surface area contributed by atoms with Crippen LogP contribution in [0.15, 0.2) is 18.2 Å². The molecule has 3 atom stereocenters. The molecule has 2 saturated heterocycles. The summed E-state index contributed by atoms with van der Waals surface area (Å²) in [6.07, 6.45) is 4.28. The highest BCUT2D eigenvalue weighted by Gasteiger charge is 2.40. The van der Waals surface area contributed by atoms with Gasteiger partial charge < -0.3 is 14.4 Å². The van der Waals surface area contributed by atoms with Gasteiger partial charge >= 0.3 is 6.61 Å². The zero-order valence-electron chi connectivity index (χ0n) is 18.9. The molecule has 184 valence electrons. The summed E-state index contributed by atoms with van der Waals surface area (Å²) in [7, 11) is 0. The van der Waals surface area contributed by atoms with E-state index in [4.69, 9.17) is 4.74 Å². The first kappa shape index (κ1) is 23.2. The third-order valence-corrected chi connectivity index (χ3v) is 7.44. The number of nitrogens with zero attached hydrogens (tertiary/aromatic N) is 2. The molecule has 3 fully saturated rings. The fourth-order valence-corrected chi connectivity index (χ4v) is 5.75. The molecule has 0 bridgehead atoms. The number of alkyl halides is 2. The Kier molecular flexibility index (Phi) is 6.52. The number of ether oxygens (including phenoxy) is 2. The molecule has 4 aliphatic rings. The second-order valence-corrected chi connectivity index (χ2v) is 9.51. The minimum atomic E-state index is -2.73. The zero-order valence-corrected chi connectivity index (χ0v) is 18.9. The molecule has 8 nitrogen and oxygen atoms in total. The Labute approximate surface area is 196 Å². The first-order valence-electron chi connectivity index (χ1n) is 12.0. The van der Waals surface area contributed by atoms with Crippen LogP contribution in [0.25, 0.3) is 0 Å². The van der Waals surface area contributed by atoms with Crippen LogP contribution in [0.5, 0.6) is 5.75 Å². The maximum Gasteiger partial charge on any atom is 0.345 e. The largest absolute Gasteiger partial charge is 0.489 e. The lowest BCUT2D eigenvalue weighted by molar-refractivity contribution is -0.174. The van der Waals surface area contributed by atoms with Crippen LogP contribution >= 0.6 is 0 Å². The minimum Gasteiger partial charge on any atom is -0.489 e. The Morgan fingerprint density at radius 1 is 1.03 bits per heavy atom. The summed E-state index contributed by atoms with van der Waals surface area (Å²) in [5.41, 5.74) is 1.37. The Hall–Kier alpha value is -2.59. The van der Waals surface area contributed by atoms with Crippen LogP contribution in [-0.4, -0.2) is 71.5 Å². The first-order valence-corrected chi connectivity index (χ1v) is 12.0. The number of hydrogen-bond acceptors (Lipinski definition) is 6. The Morgan fingerprint density at radius 2 is 1.82 bits per heavy atom. The predicted octanol–water partition coefficient (Wildman–Crippen LogP) is 2.45. The highest BCUT2D eigenvalue weighted by atomic mass is 19.3. The number of imide groups is 1. The summed E-state index contributed by atoms with van der Waals surface area (Å²) in [4.78, 5) is 40.4. The van der Waals surface area contributed by atoms with Gasteiger partial charge in [0.25, 0.3) is 5.91 Å². The normalized spacial score (nSPS) is 28.5. The summed E-state index contributed by atoms with van der Waals surface area (Å²) in [6, 6.07) is 5.00. The fraction of sp³-hybridized carbons (Fsp3) is 0.625. The van der Waals surface area contributed by atoms with E-state index in [1.165, 1.54) is 4.90 Å². The molecule has 1 saturated carbocycles. The fourth-order valence-electron chi connectivity index (χ4n) is 5.75. The molecule has 0 aromatic heterocycles. The smallest absolute Gasteiger partial charge is 0.345 e. The summed E-state index contributed by atoms with van der Waals surface area (Å²) in [5.74, 6) is -0.253. The number of hydrogen-bond donors (Lipinski definition) is 1. The Morgan fingerprint density at radius 3 is 2.56 bits per heavy atom. The molecule has 0 spiro atoms. The lowest BCUT2D eigenvalue weighted by Gasteiger charge is -2.38. The number of fused-ring (bicyclic) bond motifs is 1. The molecular formula is C24H29F2N3O5. The quantitative estimate of drug-likeness (QED) is 0.634. The molecule has 1 aliphatic carbocycles. The Balaban J connectivity index is 1.22. The summed E-state index contributed by atoms with van der Waals surface area (Å²) >= 11 is 0. The van der Waals surface area contributed by atoms with Crippen LogP contribution in [0.3, 0.4) is 0 Å². The average Bonchev–Trinajstić information content (AvgIpc) is 3.38. The molecule has 1 aromatic carbocycles. The number of amides is 3. The maximum atomic E-state index is 12.9. The number of carbonyl (C=O) groups is 3. The lowest BCUT2D eigenvalue weighted by atomic mass is 10.0. The van der Waals surface area contributed by atoms with Crippen molar-refractivity contribution in [2.24, 2.45) is 0 Å².